The van der Waals surface area contributed by atoms with Crippen molar-refractivity contribution >= 4 is 23.4 Å². The van der Waals surface area contributed by atoms with Crippen LogP contribution < -0.4 is 5.32 Å². The average molecular weight is 515 g/mol. The number of carbonyl (C=O) groups excluding carboxylic acids is 2. The van der Waals surface area contributed by atoms with Gasteiger partial charge in [-0.15, -0.1) is 0 Å². The van der Waals surface area contributed by atoms with Gasteiger partial charge in [0.25, 0.3) is 5.91 Å². The van der Waals surface area contributed by atoms with Crippen LogP contribution in [0.25, 0.3) is 5.52 Å². The largest absolute Gasteiger partial charge is 0.490 e. The molecule has 1 aliphatic rings. The molecule has 10 nitrogen and oxygen atoms in total. The van der Waals surface area contributed by atoms with E-state index in [0.29, 0.717) is 18.8 Å². The highest BCUT2D eigenvalue weighted by atomic mass is 19.4. The van der Waals surface area contributed by atoms with Crippen LogP contribution in [0.2, 0.25) is 0 Å². The summed E-state index contributed by atoms with van der Waals surface area (Å²) in [4.78, 5) is 44.8. The van der Waals surface area contributed by atoms with Crippen LogP contribution in [-0.2, 0) is 4.79 Å². The smallest absolute Gasteiger partial charge is 0.475 e. The summed E-state index contributed by atoms with van der Waals surface area (Å²) in [5.74, 6) is -2.18. The molecule has 0 spiro atoms. The van der Waals surface area contributed by atoms with Crippen LogP contribution in [0.1, 0.15) is 49.0 Å². The van der Waals surface area contributed by atoms with Gasteiger partial charge in [0.1, 0.15) is 5.82 Å². The zero-order chi connectivity index (χ0) is 27.0. The summed E-state index contributed by atoms with van der Waals surface area (Å²) < 4.78 is 33.7. The Morgan fingerprint density at radius 1 is 1.19 bits per heavy atom. The number of hydrogen-bond acceptors (Lipinski definition) is 5. The lowest BCUT2D eigenvalue weighted by molar-refractivity contribution is -0.192. The number of alkyl halides is 3. The lowest BCUT2D eigenvalue weighted by Crippen LogP contribution is -2.39. The normalized spacial score (nSPS) is 15.6. The molecule has 13 heteroatoms. The second-order valence-electron chi connectivity index (χ2n) is 8.39. The Morgan fingerprint density at radius 2 is 1.83 bits per heavy atom. The minimum atomic E-state index is -5.08. The SMILES string of the molecule is CCN(CC)CCNC(=O)c1nc(C2CCCN2C(=O)N(C)C)n2ccccc12.O=C(O)C(F)(F)F. The van der Waals surface area contributed by atoms with Gasteiger partial charge in [0.05, 0.1) is 11.6 Å². The number of aliphatic carboxylic acids is 1. The van der Waals surface area contributed by atoms with Gasteiger partial charge < -0.3 is 29.5 Å². The molecular formula is C23H33F3N6O4. The highest BCUT2D eigenvalue weighted by molar-refractivity contribution is 5.99. The van der Waals surface area contributed by atoms with E-state index in [1.807, 2.05) is 33.7 Å². The summed E-state index contributed by atoms with van der Waals surface area (Å²) in [6, 6.07) is 5.59. The fourth-order valence-electron chi connectivity index (χ4n) is 3.94. The van der Waals surface area contributed by atoms with Gasteiger partial charge in [-0.2, -0.15) is 13.2 Å². The Balaban J connectivity index is 0.000000572. The monoisotopic (exact) mass is 514 g/mol. The molecule has 2 N–H and O–H groups in total. The zero-order valence-corrected chi connectivity index (χ0v) is 20.9. The van der Waals surface area contributed by atoms with Gasteiger partial charge in [0, 0.05) is 39.9 Å². The van der Waals surface area contributed by atoms with E-state index in [0.717, 1.165) is 43.8 Å². The first-order valence-electron chi connectivity index (χ1n) is 11.7. The number of fused-ring (bicyclic) bond motifs is 1. The molecule has 200 valence electrons. The number of carboxylic acids is 1. The summed E-state index contributed by atoms with van der Waals surface area (Å²) in [5, 5.41) is 10.1. The van der Waals surface area contributed by atoms with Gasteiger partial charge in [-0.25, -0.2) is 14.6 Å². The summed E-state index contributed by atoms with van der Waals surface area (Å²) in [6.07, 6.45) is -1.39. The number of aromatic nitrogens is 2. The van der Waals surface area contributed by atoms with E-state index >= 15 is 0 Å². The van der Waals surface area contributed by atoms with Crippen molar-refractivity contribution in [3.63, 3.8) is 0 Å². The molecule has 1 atom stereocenters. The number of nitrogens with zero attached hydrogens (tertiary/aromatic N) is 5. The van der Waals surface area contributed by atoms with Crippen molar-refractivity contribution in [2.45, 2.75) is 38.9 Å². The first-order valence-corrected chi connectivity index (χ1v) is 11.7. The van der Waals surface area contributed by atoms with Crippen molar-refractivity contribution in [3.8, 4) is 0 Å². The van der Waals surface area contributed by atoms with Crippen LogP contribution in [0.5, 0.6) is 0 Å². The topological polar surface area (TPSA) is 110 Å². The molecule has 3 amide bonds. The quantitative estimate of drug-likeness (QED) is 0.588. The highest BCUT2D eigenvalue weighted by Crippen LogP contribution is 2.33. The molecule has 0 aromatic carbocycles. The number of carboxylic acid groups (broad SMARTS) is 1. The first-order chi connectivity index (χ1) is 16.9. The van der Waals surface area contributed by atoms with Crippen molar-refractivity contribution in [3.05, 3.63) is 35.9 Å². The van der Waals surface area contributed by atoms with E-state index in [1.165, 1.54) is 0 Å². The summed E-state index contributed by atoms with van der Waals surface area (Å²) in [5.41, 5.74) is 1.19. The number of likely N-dealkylation sites (tertiary alicyclic amines) is 1. The van der Waals surface area contributed by atoms with Gasteiger partial charge >= 0.3 is 18.2 Å². The molecule has 36 heavy (non-hydrogen) atoms. The average Bonchev–Trinajstić information content (AvgIpc) is 3.45. The molecule has 3 rings (SSSR count). The lowest BCUT2D eigenvalue weighted by Gasteiger charge is -2.27. The maximum absolute atomic E-state index is 12.9. The molecule has 0 bridgehead atoms. The van der Waals surface area contributed by atoms with Crippen molar-refractivity contribution in [2.24, 2.45) is 0 Å². The third-order valence-corrected chi connectivity index (χ3v) is 5.82. The van der Waals surface area contributed by atoms with Crippen molar-refractivity contribution in [1.82, 2.24) is 29.4 Å². The maximum atomic E-state index is 12.9. The molecule has 0 radical (unpaired) electrons. The van der Waals surface area contributed by atoms with E-state index < -0.39 is 12.1 Å². The van der Waals surface area contributed by atoms with E-state index in [4.69, 9.17) is 14.9 Å². The molecule has 1 fully saturated rings. The molecule has 0 aliphatic carbocycles. The number of halogens is 3. The second kappa shape index (κ2) is 12.6. The van der Waals surface area contributed by atoms with Gasteiger partial charge in [-0.05, 0) is 38.1 Å². The standard InChI is InChI=1S/C21H32N6O2.C2HF3O2/c1-5-25(6-2)15-12-22-20(28)18-16-10-7-8-13-26(16)19(23-18)17-11-9-14-27(17)21(29)24(3)4;3-2(4,5)1(6)7/h7-8,10,13,17H,5-6,9,11-12,14-15H2,1-4H3,(H,22,28);(H,6,7). The minimum Gasteiger partial charge on any atom is -0.475 e. The number of likely N-dealkylation sites (N-methyl/N-ethyl adjacent to an activating group) is 1. The number of hydrogen-bond donors (Lipinski definition) is 2. The van der Waals surface area contributed by atoms with Crippen molar-refractivity contribution in [1.29, 1.82) is 0 Å². The van der Waals surface area contributed by atoms with Crippen LogP contribution in [-0.4, -0.2) is 100 Å². The minimum absolute atomic E-state index is 0.0228. The number of rotatable bonds is 7. The first kappa shape index (κ1) is 28.9. The summed E-state index contributed by atoms with van der Waals surface area (Å²) in [6.45, 7) is 8.24. The lowest BCUT2D eigenvalue weighted by atomic mass is 10.2. The molecule has 1 unspecified atom stereocenters. The summed E-state index contributed by atoms with van der Waals surface area (Å²) >= 11 is 0. The fourth-order valence-corrected chi connectivity index (χ4v) is 3.94. The Labute approximate surface area is 207 Å². The predicted octanol–water partition coefficient (Wildman–Crippen LogP) is 2.86. The maximum Gasteiger partial charge on any atom is 0.490 e. The Bertz CT molecular complexity index is 1050. The molecule has 2 aromatic rings. The summed E-state index contributed by atoms with van der Waals surface area (Å²) in [7, 11) is 3.52. The third-order valence-electron chi connectivity index (χ3n) is 5.82. The van der Waals surface area contributed by atoms with Crippen LogP contribution in [0.15, 0.2) is 24.4 Å². The van der Waals surface area contributed by atoms with Gasteiger partial charge in [0.15, 0.2) is 5.69 Å². The van der Waals surface area contributed by atoms with Crippen LogP contribution in [0, 0.1) is 0 Å². The number of carbonyl (C=O) groups is 3. The van der Waals surface area contributed by atoms with Gasteiger partial charge in [-0.3, -0.25) is 4.79 Å². The number of amides is 3. The van der Waals surface area contributed by atoms with E-state index in [2.05, 4.69) is 24.1 Å². The molecule has 1 saturated heterocycles. The van der Waals surface area contributed by atoms with Crippen LogP contribution >= 0.6 is 0 Å². The van der Waals surface area contributed by atoms with Gasteiger partial charge in [-0.1, -0.05) is 19.9 Å². The predicted molar refractivity (Wildman–Crippen MR) is 127 cm³/mol. The third kappa shape index (κ3) is 7.09. The molecule has 0 saturated carbocycles. The van der Waals surface area contributed by atoms with E-state index in [-0.39, 0.29) is 18.0 Å². The molecule has 3 heterocycles. The van der Waals surface area contributed by atoms with Gasteiger partial charge in [0.2, 0.25) is 0 Å². The zero-order valence-electron chi connectivity index (χ0n) is 20.9. The highest BCUT2D eigenvalue weighted by Gasteiger charge is 2.38. The van der Waals surface area contributed by atoms with Crippen molar-refractivity contribution in [2.75, 3.05) is 46.8 Å². The number of urea groups is 1. The fraction of sp³-hybridized carbons (Fsp3) is 0.565. The molecule has 2 aromatic heterocycles. The Morgan fingerprint density at radius 3 is 2.39 bits per heavy atom. The number of pyridine rings is 1. The number of imidazole rings is 1. The Hall–Kier alpha value is -3.35. The second-order valence-corrected chi connectivity index (χ2v) is 8.39. The Kier molecular flexibility index (Phi) is 10.1. The van der Waals surface area contributed by atoms with Crippen LogP contribution in [0.4, 0.5) is 18.0 Å². The van der Waals surface area contributed by atoms with E-state index in [1.54, 1.807) is 19.0 Å². The molecule has 1 aliphatic heterocycles. The number of nitrogens with one attached hydrogen (secondary N) is 1. The van der Waals surface area contributed by atoms with E-state index in [9.17, 15) is 22.8 Å². The van der Waals surface area contributed by atoms with Crippen LogP contribution in [0.3, 0.4) is 0 Å². The van der Waals surface area contributed by atoms with Crippen molar-refractivity contribution < 1.29 is 32.7 Å². The molecular weight excluding hydrogens is 481 g/mol.